The Balaban J connectivity index is 2.07. The standard InChI is InChI=1S/C14H12ClN3O3/c15-11-5-10(6-12(16)7-11)14(19)17-8-9-2-1-3-13(4-9)18(20)21/h1-7H,8,16H2,(H,17,19). The van der Waals surface area contributed by atoms with Crippen molar-refractivity contribution in [3.63, 3.8) is 0 Å². The summed E-state index contributed by atoms with van der Waals surface area (Å²) in [7, 11) is 0. The van der Waals surface area contributed by atoms with Gasteiger partial charge >= 0.3 is 0 Å². The zero-order chi connectivity index (χ0) is 15.4. The van der Waals surface area contributed by atoms with Crippen molar-refractivity contribution in [3.8, 4) is 0 Å². The number of nitrogens with two attached hydrogens (primary N) is 1. The van der Waals surface area contributed by atoms with Crippen LogP contribution < -0.4 is 11.1 Å². The minimum Gasteiger partial charge on any atom is -0.399 e. The summed E-state index contributed by atoms with van der Waals surface area (Å²) in [6, 6.07) is 10.6. The van der Waals surface area contributed by atoms with Gasteiger partial charge in [-0.15, -0.1) is 0 Å². The van der Waals surface area contributed by atoms with Gasteiger partial charge in [0.05, 0.1) is 4.92 Å². The van der Waals surface area contributed by atoms with Crippen LogP contribution in [0.15, 0.2) is 42.5 Å². The van der Waals surface area contributed by atoms with Gasteiger partial charge in [0.15, 0.2) is 0 Å². The van der Waals surface area contributed by atoms with Gasteiger partial charge in [0.25, 0.3) is 11.6 Å². The summed E-state index contributed by atoms with van der Waals surface area (Å²) < 4.78 is 0. The summed E-state index contributed by atoms with van der Waals surface area (Å²) in [6.07, 6.45) is 0. The summed E-state index contributed by atoms with van der Waals surface area (Å²) in [6.45, 7) is 0.174. The van der Waals surface area contributed by atoms with Crippen molar-refractivity contribution in [2.45, 2.75) is 6.54 Å². The molecule has 0 bridgehead atoms. The van der Waals surface area contributed by atoms with Gasteiger partial charge in [-0.1, -0.05) is 23.7 Å². The van der Waals surface area contributed by atoms with Crippen molar-refractivity contribution in [1.82, 2.24) is 5.32 Å². The van der Waals surface area contributed by atoms with Crippen molar-refractivity contribution in [2.24, 2.45) is 0 Å². The maximum absolute atomic E-state index is 12.0. The van der Waals surface area contributed by atoms with E-state index in [9.17, 15) is 14.9 Å². The predicted octanol–water partition coefficient (Wildman–Crippen LogP) is 2.76. The lowest BCUT2D eigenvalue weighted by atomic mass is 10.1. The van der Waals surface area contributed by atoms with E-state index < -0.39 is 4.92 Å². The molecule has 0 saturated carbocycles. The number of amides is 1. The van der Waals surface area contributed by atoms with Crippen LogP contribution in [0.4, 0.5) is 11.4 Å². The second-order valence-electron chi connectivity index (χ2n) is 4.38. The van der Waals surface area contributed by atoms with Gasteiger partial charge < -0.3 is 11.1 Å². The normalized spacial score (nSPS) is 10.1. The third kappa shape index (κ3) is 3.93. The summed E-state index contributed by atoms with van der Waals surface area (Å²) in [5.41, 5.74) is 6.96. The Morgan fingerprint density at radius 3 is 2.71 bits per heavy atom. The molecular weight excluding hydrogens is 294 g/mol. The molecule has 0 aliphatic carbocycles. The number of non-ortho nitro benzene ring substituents is 1. The summed E-state index contributed by atoms with van der Waals surface area (Å²) >= 11 is 5.83. The quantitative estimate of drug-likeness (QED) is 0.515. The van der Waals surface area contributed by atoms with Crippen molar-refractivity contribution < 1.29 is 9.72 Å². The summed E-state index contributed by atoms with van der Waals surface area (Å²) in [5.74, 6) is -0.351. The van der Waals surface area contributed by atoms with Gasteiger partial charge in [-0.2, -0.15) is 0 Å². The van der Waals surface area contributed by atoms with E-state index in [1.165, 1.54) is 24.3 Å². The van der Waals surface area contributed by atoms with Gasteiger partial charge in [-0.25, -0.2) is 0 Å². The minimum atomic E-state index is -0.483. The fourth-order valence-electron chi connectivity index (χ4n) is 1.81. The second kappa shape index (κ2) is 6.23. The van der Waals surface area contributed by atoms with Crippen molar-refractivity contribution in [3.05, 3.63) is 68.7 Å². The molecule has 0 saturated heterocycles. The highest BCUT2D eigenvalue weighted by Crippen LogP contribution is 2.17. The number of rotatable bonds is 4. The molecule has 1 amide bonds. The maximum atomic E-state index is 12.0. The molecule has 7 heteroatoms. The van der Waals surface area contributed by atoms with E-state index in [1.54, 1.807) is 18.2 Å². The fraction of sp³-hybridized carbons (Fsp3) is 0.0714. The zero-order valence-corrected chi connectivity index (χ0v) is 11.6. The number of benzene rings is 2. The topological polar surface area (TPSA) is 98.3 Å². The van der Waals surface area contributed by atoms with Crippen LogP contribution in [-0.2, 0) is 6.54 Å². The monoisotopic (exact) mass is 305 g/mol. The Labute approximate surface area is 125 Å². The Bertz CT molecular complexity index is 683. The number of hydrogen-bond donors (Lipinski definition) is 2. The smallest absolute Gasteiger partial charge is 0.269 e. The lowest BCUT2D eigenvalue weighted by Gasteiger charge is -2.06. The average molecular weight is 306 g/mol. The lowest BCUT2D eigenvalue weighted by molar-refractivity contribution is -0.384. The molecule has 6 nitrogen and oxygen atoms in total. The first kappa shape index (κ1) is 14.8. The molecule has 0 spiro atoms. The van der Waals surface area contributed by atoms with Crippen LogP contribution in [0.2, 0.25) is 5.02 Å². The molecule has 2 aromatic rings. The molecule has 3 N–H and O–H groups in total. The highest BCUT2D eigenvalue weighted by molar-refractivity contribution is 6.31. The third-order valence-corrected chi connectivity index (χ3v) is 2.97. The van der Waals surface area contributed by atoms with Crippen molar-refractivity contribution >= 4 is 28.9 Å². The number of halogens is 1. The Kier molecular flexibility index (Phi) is 4.39. The lowest BCUT2D eigenvalue weighted by Crippen LogP contribution is -2.22. The molecule has 0 aliphatic heterocycles. The van der Waals surface area contributed by atoms with Crippen LogP contribution in [0, 0.1) is 10.1 Å². The molecule has 0 aromatic heterocycles. The summed E-state index contributed by atoms with van der Waals surface area (Å²) in [5, 5.41) is 13.7. The first-order chi connectivity index (χ1) is 9.95. The first-order valence-corrected chi connectivity index (χ1v) is 6.41. The van der Waals surface area contributed by atoms with Crippen LogP contribution in [-0.4, -0.2) is 10.8 Å². The number of nitrogen functional groups attached to an aromatic ring is 1. The number of carbonyl (C=O) groups excluding carboxylic acids is 1. The minimum absolute atomic E-state index is 0.0197. The summed E-state index contributed by atoms with van der Waals surface area (Å²) in [4.78, 5) is 22.2. The molecule has 0 unspecified atom stereocenters. The van der Waals surface area contributed by atoms with Crippen LogP contribution in [0.3, 0.4) is 0 Å². The molecule has 108 valence electrons. The Hall–Kier alpha value is -2.60. The molecular formula is C14H12ClN3O3. The number of nitrogens with one attached hydrogen (secondary N) is 1. The predicted molar refractivity (Wildman–Crippen MR) is 80.1 cm³/mol. The molecule has 21 heavy (non-hydrogen) atoms. The highest BCUT2D eigenvalue weighted by atomic mass is 35.5. The van der Waals surface area contributed by atoms with E-state index in [-0.39, 0.29) is 18.1 Å². The van der Waals surface area contributed by atoms with Crippen LogP contribution in [0.25, 0.3) is 0 Å². The number of anilines is 1. The van der Waals surface area contributed by atoms with E-state index in [4.69, 9.17) is 17.3 Å². The van der Waals surface area contributed by atoms with Crippen LogP contribution in [0.1, 0.15) is 15.9 Å². The fourth-order valence-corrected chi connectivity index (χ4v) is 2.05. The van der Waals surface area contributed by atoms with Crippen molar-refractivity contribution in [2.75, 3.05) is 5.73 Å². The SMILES string of the molecule is Nc1cc(Cl)cc(C(=O)NCc2cccc([N+](=O)[O-])c2)c1. The van der Waals surface area contributed by atoms with Crippen LogP contribution >= 0.6 is 11.6 Å². The highest BCUT2D eigenvalue weighted by Gasteiger charge is 2.09. The maximum Gasteiger partial charge on any atom is 0.269 e. The first-order valence-electron chi connectivity index (χ1n) is 6.03. The molecule has 2 aromatic carbocycles. The molecule has 2 rings (SSSR count). The molecule has 0 atom stereocenters. The Morgan fingerprint density at radius 1 is 1.29 bits per heavy atom. The van der Waals surface area contributed by atoms with E-state index in [0.717, 1.165) is 0 Å². The number of nitrogens with zero attached hydrogens (tertiary/aromatic N) is 1. The number of nitro groups is 1. The molecule has 0 heterocycles. The third-order valence-electron chi connectivity index (χ3n) is 2.76. The van der Waals surface area contributed by atoms with Gasteiger partial charge in [0, 0.05) is 35.0 Å². The van der Waals surface area contributed by atoms with E-state index >= 15 is 0 Å². The average Bonchev–Trinajstić information content (AvgIpc) is 2.44. The van der Waals surface area contributed by atoms with Crippen molar-refractivity contribution in [1.29, 1.82) is 0 Å². The number of nitro benzene ring substituents is 1. The Morgan fingerprint density at radius 2 is 2.05 bits per heavy atom. The van der Waals surface area contributed by atoms with E-state index in [2.05, 4.69) is 5.32 Å². The second-order valence-corrected chi connectivity index (χ2v) is 4.82. The van der Waals surface area contributed by atoms with Gasteiger partial charge in [0.2, 0.25) is 0 Å². The van der Waals surface area contributed by atoms with Crippen LogP contribution in [0.5, 0.6) is 0 Å². The van der Waals surface area contributed by atoms with Gasteiger partial charge in [-0.05, 0) is 23.8 Å². The zero-order valence-electron chi connectivity index (χ0n) is 10.9. The van der Waals surface area contributed by atoms with E-state index in [0.29, 0.717) is 21.8 Å². The number of hydrogen-bond acceptors (Lipinski definition) is 4. The van der Waals surface area contributed by atoms with E-state index in [1.807, 2.05) is 0 Å². The molecule has 0 fully saturated rings. The van der Waals surface area contributed by atoms with Gasteiger partial charge in [-0.3, -0.25) is 14.9 Å². The number of carbonyl (C=O) groups is 1. The van der Waals surface area contributed by atoms with Gasteiger partial charge in [0.1, 0.15) is 0 Å². The molecule has 0 radical (unpaired) electrons. The largest absolute Gasteiger partial charge is 0.399 e. The molecule has 0 aliphatic rings.